The number of rotatable bonds is 3. The van der Waals surface area contributed by atoms with Crippen molar-refractivity contribution in [2.75, 3.05) is 5.01 Å². The number of hydrogen-bond donors (Lipinski definition) is 0. The summed E-state index contributed by atoms with van der Waals surface area (Å²) in [6.07, 6.45) is 0.865. The summed E-state index contributed by atoms with van der Waals surface area (Å²) in [6.45, 7) is 2.09. The minimum absolute atomic E-state index is 0.175. The first-order valence-electron chi connectivity index (χ1n) is 8.04. The lowest BCUT2D eigenvalue weighted by atomic mass is 10.0. The Kier molecular flexibility index (Phi) is 4.55. The highest BCUT2D eigenvalue weighted by Gasteiger charge is 2.30. The zero-order valence-corrected chi connectivity index (χ0v) is 15.9. The van der Waals surface area contributed by atoms with Gasteiger partial charge in [0.1, 0.15) is 0 Å². The van der Waals surface area contributed by atoms with Crippen molar-refractivity contribution in [1.29, 1.82) is 0 Å². The van der Waals surface area contributed by atoms with Crippen LogP contribution in [0.2, 0.25) is 10.0 Å². The summed E-state index contributed by atoms with van der Waals surface area (Å²) in [5.74, 6) is 0. The number of nitrogens with zero attached hydrogens (tertiary/aromatic N) is 2. The van der Waals surface area contributed by atoms with Gasteiger partial charge in [0.2, 0.25) is 0 Å². The molecule has 0 N–H and O–H groups in total. The summed E-state index contributed by atoms with van der Waals surface area (Å²) in [5, 5.41) is 10.2. The molecule has 0 fully saturated rings. The van der Waals surface area contributed by atoms with Crippen LogP contribution in [0, 0.1) is 6.92 Å². The molecule has 0 bridgehead atoms. The van der Waals surface area contributed by atoms with Crippen LogP contribution in [0.15, 0.2) is 65.1 Å². The molecule has 1 atom stereocenters. The number of aryl methyl sites for hydroxylation is 1. The number of benzene rings is 2. The first kappa shape index (κ1) is 16.6. The van der Waals surface area contributed by atoms with Crippen LogP contribution in [-0.2, 0) is 0 Å². The number of thiophene rings is 1. The monoisotopic (exact) mass is 386 g/mol. The molecule has 25 heavy (non-hydrogen) atoms. The third-order valence-electron chi connectivity index (χ3n) is 4.33. The van der Waals surface area contributed by atoms with E-state index in [-0.39, 0.29) is 6.04 Å². The van der Waals surface area contributed by atoms with Crippen molar-refractivity contribution in [2.45, 2.75) is 19.4 Å². The first-order chi connectivity index (χ1) is 12.1. The molecule has 1 aliphatic heterocycles. The van der Waals surface area contributed by atoms with Crippen molar-refractivity contribution < 1.29 is 0 Å². The van der Waals surface area contributed by atoms with Gasteiger partial charge in [-0.2, -0.15) is 5.10 Å². The second-order valence-corrected chi connectivity index (χ2v) is 7.88. The van der Waals surface area contributed by atoms with E-state index in [1.165, 1.54) is 10.4 Å². The van der Waals surface area contributed by atoms with Gasteiger partial charge in [-0.3, -0.25) is 5.01 Å². The van der Waals surface area contributed by atoms with E-state index in [9.17, 15) is 0 Å². The lowest BCUT2D eigenvalue weighted by Gasteiger charge is -2.23. The van der Waals surface area contributed by atoms with Crippen LogP contribution in [0.1, 0.15) is 28.5 Å². The van der Waals surface area contributed by atoms with Gasteiger partial charge in [0, 0.05) is 11.3 Å². The Bertz CT molecular complexity index is 917. The predicted octanol–water partition coefficient (Wildman–Crippen LogP) is 6.72. The maximum atomic E-state index is 6.23. The molecule has 0 aliphatic carbocycles. The second kappa shape index (κ2) is 6.83. The molecular weight excluding hydrogens is 371 g/mol. The van der Waals surface area contributed by atoms with Crippen molar-refractivity contribution in [3.63, 3.8) is 0 Å². The van der Waals surface area contributed by atoms with Gasteiger partial charge in [-0.05, 0) is 42.1 Å². The average molecular weight is 387 g/mol. The Labute approximate surface area is 161 Å². The van der Waals surface area contributed by atoms with Crippen LogP contribution in [-0.4, -0.2) is 5.71 Å². The first-order valence-corrected chi connectivity index (χ1v) is 9.67. The Morgan fingerprint density at radius 3 is 2.52 bits per heavy atom. The van der Waals surface area contributed by atoms with E-state index in [0.717, 1.165) is 23.4 Å². The quantitative estimate of drug-likeness (QED) is 0.487. The third-order valence-corrected chi connectivity index (χ3v) is 6.05. The predicted molar refractivity (Wildman–Crippen MR) is 108 cm³/mol. The number of hydrazone groups is 1. The number of halogens is 2. The van der Waals surface area contributed by atoms with Gasteiger partial charge in [-0.25, -0.2) is 0 Å². The molecule has 3 aromatic rings. The zero-order chi connectivity index (χ0) is 17.4. The molecule has 1 aliphatic rings. The van der Waals surface area contributed by atoms with Gasteiger partial charge in [0.15, 0.2) is 0 Å². The van der Waals surface area contributed by atoms with Crippen LogP contribution in [0.5, 0.6) is 0 Å². The van der Waals surface area contributed by atoms with Crippen LogP contribution in [0.3, 0.4) is 0 Å². The van der Waals surface area contributed by atoms with Crippen molar-refractivity contribution in [3.05, 3.63) is 86.0 Å². The molecule has 5 heteroatoms. The fourth-order valence-electron chi connectivity index (χ4n) is 3.00. The molecule has 0 amide bonds. The molecule has 2 aromatic carbocycles. The van der Waals surface area contributed by atoms with Gasteiger partial charge >= 0.3 is 0 Å². The largest absolute Gasteiger partial charge is 0.257 e. The van der Waals surface area contributed by atoms with E-state index >= 15 is 0 Å². The molecular formula is C20H16Cl2N2S. The van der Waals surface area contributed by atoms with E-state index < -0.39 is 0 Å². The molecule has 2 heterocycles. The smallest absolute Gasteiger partial charge is 0.0923 e. The van der Waals surface area contributed by atoms with Gasteiger partial charge < -0.3 is 0 Å². The number of anilines is 1. The highest BCUT2D eigenvalue weighted by Crippen LogP contribution is 2.40. The third kappa shape index (κ3) is 3.32. The summed E-state index contributed by atoms with van der Waals surface area (Å²) in [5.41, 5.74) is 4.45. The fraction of sp³-hybridized carbons (Fsp3) is 0.150. The zero-order valence-electron chi connectivity index (χ0n) is 13.6. The fourth-order valence-corrected chi connectivity index (χ4v) is 4.10. The van der Waals surface area contributed by atoms with E-state index in [4.69, 9.17) is 28.3 Å². The molecule has 1 aromatic heterocycles. The van der Waals surface area contributed by atoms with Crippen LogP contribution >= 0.6 is 34.5 Å². The average Bonchev–Trinajstić information content (AvgIpc) is 3.27. The topological polar surface area (TPSA) is 15.6 Å². The molecule has 0 saturated carbocycles. The second-order valence-electron chi connectivity index (χ2n) is 6.09. The van der Waals surface area contributed by atoms with Crippen molar-refractivity contribution >= 4 is 45.9 Å². The van der Waals surface area contributed by atoms with Gasteiger partial charge in [-0.1, -0.05) is 59.1 Å². The molecule has 2 nitrogen and oxygen atoms in total. The highest BCUT2D eigenvalue weighted by atomic mass is 35.5. The summed E-state index contributed by atoms with van der Waals surface area (Å²) in [7, 11) is 0. The molecule has 4 rings (SSSR count). The van der Waals surface area contributed by atoms with Gasteiger partial charge in [0.25, 0.3) is 0 Å². The van der Waals surface area contributed by atoms with E-state index in [0.29, 0.717) is 10.0 Å². The molecule has 0 radical (unpaired) electrons. The number of hydrogen-bond acceptors (Lipinski definition) is 3. The van der Waals surface area contributed by atoms with E-state index in [1.807, 2.05) is 18.2 Å². The molecule has 0 unspecified atom stereocenters. The van der Waals surface area contributed by atoms with Crippen LogP contribution in [0.25, 0.3) is 0 Å². The van der Waals surface area contributed by atoms with Gasteiger partial charge in [0.05, 0.1) is 27.5 Å². The summed E-state index contributed by atoms with van der Waals surface area (Å²) in [6, 6.07) is 18.6. The standard InChI is InChI=1S/C20H16Cl2N2S/c1-13-4-6-14(7-5-13)18-12-19(20-3-2-10-25-20)24(23-18)15-8-9-16(21)17(22)11-15/h2-11,19H,12H2,1H3/t19-/m1/s1. The van der Waals surface area contributed by atoms with Crippen LogP contribution < -0.4 is 5.01 Å². The summed E-state index contributed by atoms with van der Waals surface area (Å²) in [4.78, 5) is 1.29. The summed E-state index contributed by atoms with van der Waals surface area (Å²) < 4.78 is 0. The lowest BCUT2D eigenvalue weighted by molar-refractivity contribution is 0.722. The normalized spacial score (nSPS) is 17.0. The lowest BCUT2D eigenvalue weighted by Crippen LogP contribution is -2.17. The molecule has 0 saturated heterocycles. The summed E-state index contributed by atoms with van der Waals surface area (Å²) >= 11 is 14.1. The van der Waals surface area contributed by atoms with E-state index in [1.54, 1.807) is 11.3 Å². The maximum Gasteiger partial charge on any atom is 0.0923 e. The molecule has 0 spiro atoms. The SMILES string of the molecule is Cc1ccc(C2=NN(c3ccc(Cl)c(Cl)c3)[C@@H](c3cccs3)C2)cc1. The molecule has 126 valence electrons. The minimum Gasteiger partial charge on any atom is -0.257 e. The van der Waals surface area contributed by atoms with Crippen molar-refractivity contribution in [2.24, 2.45) is 5.10 Å². The van der Waals surface area contributed by atoms with Crippen LogP contribution in [0.4, 0.5) is 5.69 Å². The van der Waals surface area contributed by atoms with Crippen molar-refractivity contribution in [3.8, 4) is 0 Å². The Morgan fingerprint density at radius 2 is 1.84 bits per heavy atom. The maximum absolute atomic E-state index is 6.23. The Morgan fingerprint density at radius 1 is 1.04 bits per heavy atom. The van der Waals surface area contributed by atoms with Gasteiger partial charge in [-0.15, -0.1) is 11.3 Å². The van der Waals surface area contributed by atoms with E-state index in [2.05, 4.69) is 53.7 Å². The van der Waals surface area contributed by atoms with Crippen molar-refractivity contribution in [1.82, 2.24) is 0 Å². The highest BCUT2D eigenvalue weighted by molar-refractivity contribution is 7.10. The Balaban J connectivity index is 1.75. The Hall–Kier alpha value is -1.81. The minimum atomic E-state index is 0.175.